The van der Waals surface area contributed by atoms with E-state index in [9.17, 15) is 22.4 Å². The molecule has 0 aliphatic carbocycles. The van der Waals surface area contributed by atoms with E-state index in [0.29, 0.717) is 0 Å². The number of nitrogens with one attached hydrogen (secondary N) is 1. The van der Waals surface area contributed by atoms with Crippen molar-refractivity contribution in [1.29, 1.82) is 0 Å². The van der Waals surface area contributed by atoms with E-state index in [1.165, 1.54) is 40.7 Å². The number of hydrogen-bond donors (Lipinski definition) is 1. The first-order valence-electron chi connectivity index (χ1n) is 8.71. The number of ether oxygens (including phenoxy) is 1. The Morgan fingerprint density at radius 1 is 1.14 bits per heavy atom. The molecular formula is C19H20ClFN2O5S. The first-order chi connectivity index (χ1) is 13.7. The number of carbonyl (C=O) groups is 2. The van der Waals surface area contributed by atoms with Crippen molar-refractivity contribution >= 4 is 39.2 Å². The topological polar surface area (TPSA) is 92.8 Å². The Labute approximate surface area is 173 Å². The predicted molar refractivity (Wildman–Crippen MR) is 107 cm³/mol. The van der Waals surface area contributed by atoms with Gasteiger partial charge in [-0.25, -0.2) is 17.6 Å². The molecule has 2 aromatic carbocycles. The van der Waals surface area contributed by atoms with Gasteiger partial charge in [0.05, 0.1) is 21.2 Å². The molecule has 0 aromatic heterocycles. The van der Waals surface area contributed by atoms with Crippen LogP contribution in [0.25, 0.3) is 0 Å². The zero-order valence-electron chi connectivity index (χ0n) is 15.8. The number of benzene rings is 2. The van der Waals surface area contributed by atoms with Crippen molar-refractivity contribution < 1.29 is 27.1 Å². The lowest BCUT2D eigenvalue weighted by Gasteiger charge is -2.19. The lowest BCUT2D eigenvalue weighted by Crippen LogP contribution is -2.30. The van der Waals surface area contributed by atoms with Crippen molar-refractivity contribution in [3.8, 4) is 0 Å². The highest BCUT2D eigenvalue weighted by molar-refractivity contribution is 7.89. The highest BCUT2D eigenvalue weighted by atomic mass is 35.5. The van der Waals surface area contributed by atoms with E-state index in [2.05, 4.69) is 5.32 Å². The molecule has 10 heteroatoms. The number of carbonyl (C=O) groups excluding carboxylic acids is 2. The van der Waals surface area contributed by atoms with Crippen molar-refractivity contribution in [2.24, 2.45) is 0 Å². The first-order valence-corrected chi connectivity index (χ1v) is 10.5. The Morgan fingerprint density at radius 2 is 1.79 bits per heavy atom. The second-order valence-electron chi connectivity index (χ2n) is 5.84. The number of nitrogens with zero attached hydrogens (tertiary/aromatic N) is 1. The summed E-state index contributed by atoms with van der Waals surface area (Å²) in [7, 11) is -3.80. The zero-order valence-corrected chi connectivity index (χ0v) is 17.4. The molecule has 0 bridgehead atoms. The third-order valence-electron chi connectivity index (χ3n) is 3.98. The molecule has 2 aromatic rings. The normalized spacial score (nSPS) is 11.3. The van der Waals surface area contributed by atoms with Crippen molar-refractivity contribution in [2.45, 2.75) is 18.7 Å². The minimum absolute atomic E-state index is 0.0250. The molecule has 2 rings (SSSR count). The first kappa shape index (κ1) is 22.8. The van der Waals surface area contributed by atoms with Crippen LogP contribution in [0.2, 0.25) is 5.02 Å². The van der Waals surface area contributed by atoms with Gasteiger partial charge in [0.1, 0.15) is 5.82 Å². The Hall–Kier alpha value is -2.49. The Bertz CT molecular complexity index is 1010. The van der Waals surface area contributed by atoms with Gasteiger partial charge in [-0.15, -0.1) is 0 Å². The van der Waals surface area contributed by atoms with Gasteiger partial charge in [-0.2, -0.15) is 4.31 Å². The van der Waals surface area contributed by atoms with E-state index < -0.39 is 34.3 Å². The number of sulfonamides is 1. The number of para-hydroxylation sites is 1. The summed E-state index contributed by atoms with van der Waals surface area (Å²) in [5, 5.41) is 2.25. The van der Waals surface area contributed by atoms with Crippen LogP contribution in [0.3, 0.4) is 0 Å². The molecular weight excluding hydrogens is 423 g/mol. The number of halogens is 2. The van der Waals surface area contributed by atoms with Gasteiger partial charge in [0, 0.05) is 13.1 Å². The monoisotopic (exact) mass is 442 g/mol. The van der Waals surface area contributed by atoms with Gasteiger partial charge < -0.3 is 10.1 Å². The van der Waals surface area contributed by atoms with Crippen LogP contribution in [-0.2, 0) is 19.6 Å². The molecule has 1 amide bonds. The van der Waals surface area contributed by atoms with Crippen molar-refractivity contribution in [3.63, 3.8) is 0 Å². The Kier molecular flexibility index (Phi) is 7.72. The third-order valence-corrected chi connectivity index (χ3v) is 6.36. The maximum Gasteiger partial charge on any atom is 0.340 e. The fraction of sp³-hybridized carbons (Fsp3) is 0.263. The van der Waals surface area contributed by atoms with Crippen molar-refractivity contribution in [3.05, 3.63) is 58.9 Å². The molecule has 7 nitrogen and oxygen atoms in total. The van der Waals surface area contributed by atoms with Gasteiger partial charge in [-0.1, -0.05) is 37.6 Å². The lowest BCUT2D eigenvalue weighted by molar-refractivity contribution is -0.119. The van der Waals surface area contributed by atoms with Gasteiger partial charge in [0.15, 0.2) is 6.61 Å². The molecule has 156 valence electrons. The standard InChI is InChI=1S/C19H20ClFN2O5S/c1-3-23(4-2)29(26,27)13-9-10-15(20)14(11-13)19(25)28-12-18(24)22-17-8-6-5-7-16(17)21/h5-11H,3-4,12H2,1-2H3,(H,22,24). The molecule has 0 aliphatic rings. The van der Waals surface area contributed by atoms with Crippen LogP contribution >= 0.6 is 11.6 Å². The molecule has 0 unspecified atom stereocenters. The molecule has 0 fully saturated rings. The largest absolute Gasteiger partial charge is 0.452 e. The lowest BCUT2D eigenvalue weighted by atomic mass is 10.2. The average molecular weight is 443 g/mol. The average Bonchev–Trinajstić information content (AvgIpc) is 2.69. The van der Waals surface area contributed by atoms with Crippen LogP contribution in [0.5, 0.6) is 0 Å². The maximum atomic E-state index is 13.5. The van der Waals surface area contributed by atoms with Gasteiger partial charge >= 0.3 is 5.97 Å². The van der Waals surface area contributed by atoms with E-state index in [1.807, 2.05) is 0 Å². The summed E-state index contributed by atoms with van der Waals surface area (Å²) >= 11 is 5.99. The molecule has 29 heavy (non-hydrogen) atoms. The van der Waals surface area contributed by atoms with Gasteiger partial charge in [0.25, 0.3) is 5.91 Å². The highest BCUT2D eigenvalue weighted by Crippen LogP contribution is 2.24. The van der Waals surface area contributed by atoms with Crippen molar-refractivity contribution in [2.75, 3.05) is 25.0 Å². The number of hydrogen-bond acceptors (Lipinski definition) is 5. The van der Waals surface area contributed by atoms with E-state index in [0.717, 1.165) is 6.07 Å². The second kappa shape index (κ2) is 9.82. The Balaban J connectivity index is 2.13. The van der Waals surface area contributed by atoms with Crippen LogP contribution in [0.4, 0.5) is 10.1 Å². The molecule has 0 radical (unpaired) electrons. The second-order valence-corrected chi connectivity index (χ2v) is 8.18. The molecule has 1 N–H and O–H groups in total. The number of amides is 1. The third kappa shape index (κ3) is 5.53. The molecule has 0 heterocycles. The van der Waals surface area contributed by atoms with E-state index in [-0.39, 0.29) is 34.3 Å². The van der Waals surface area contributed by atoms with Crippen LogP contribution in [0.1, 0.15) is 24.2 Å². The van der Waals surface area contributed by atoms with E-state index >= 15 is 0 Å². The summed E-state index contributed by atoms with van der Waals surface area (Å²) in [6, 6.07) is 9.19. The summed E-state index contributed by atoms with van der Waals surface area (Å²) in [6.45, 7) is 3.21. The van der Waals surface area contributed by atoms with Crippen LogP contribution in [0.15, 0.2) is 47.4 Å². The van der Waals surface area contributed by atoms with Crippen LogP contribution < -0.4 is 5.32 Å². The molecule has 0 saturated heterocycles. The summed E-state index contributed by atoms with van der Waals surface area (Å²) in [5.74, 6) is -2.37. The van der Waals surface area contributed by atoms with E-state index in [4.69, 9.17) is 16.3 Å². The quantitative estimate of drug-likeness (QED) is 0.633. The SMILES string of the molecule is CCN(CC)S(=O)(=O)c1ccc(Cl)c(C(=O)OCC(=O)Nc2ccccc2F)c1. The summed E-state index contributed by atoms with van der Waals surface area (Å²) < 4.78 is 44.9. The maximum absolute atomic E-state index is 13.5. The number of esters is 1. The molecule has 0 spiro atoms. The van der Waals surface area contributed by atoms with Crippen molar-refractivity contribution in [1.82, 2.24) is 4.31 Å². The summed E-state index contributed by atoms with van der Waals surface area (Å²) in [4.78, 5) is 24.1. The van der Waals surface area contributed by atoms with Gasteiger partial charge in [-0.3, -0.25) is 4.79 Å². The van der Waals surface area contributed by atoms with E-state index in [1.54, 1.807) is 13.8 Å². The summed E-state index contributed by atoms with van der Waals surface area (Å²) in [5.41, 5.74) is -0.252. The fourth-order valence-corrected chi connectivity index (χ4v) is 4.17. The molecule has 0 atom stereocenters. The van der Waals surface area contributed by atoms with Crippen LogP contribution in [0, 0.1) is 5.82 Å². The van der Waals surface area contributed by atoms with Crippen LogP contribution in [-0.4, -0.2) is 44.3 Å². The fourth-order valence-electron chi connectivity index (χ4n) is 2.49. The number of rotatable bonds is 8. The van der Waals surface area contributed by atoms with Gasteiger partial charge in [-0.05, 0) is 30.3 Å². The van der Waals surface area contributed by atoms with Gasteiger partial charge in [0.2, 0.25) is 10.0 Å². The predicted octanol–water partition coefficient (Wildman–Crippen LogP) is 3.31. The molecule has 0 saturated carbocycles. The zero-order chi connectivity index (χ0) is 21.6. The minimum Gasteiger partial charge on any atom is -0.452 e. The smallest absolute Gasteiger partial charge is 0.340 e. The minimum atomic E-state index is -3.80. The highest BCUT2D eigenvalue weighted by Gasteiger charge is 2.24. The molecule has 0 aliphatic heterocycles. The Morgan fingerprint density at radius 3 is 2.41 bits per heavy atom. The summed E-state index contributed by atoms with van der Waals surface area (Å²) in [6.07, 6.45) is 0. The number of anilines is 1.